The Kier molecular flexibility index (Phi) is 3.31. The van der Waals surface area contributed by atoms with E-state index in [1.165, 1.54) is 12.8 Å². The molecule has 0 aromatic carbocycles. The van der Waals surface area contributed by atoms with E-state index in [9.17, 15) is 9.90 Å². The van der Waals surface area contributed by atoms with Gasteiger partial charge in [0.2, 0.25) is 0 Å². The van der Waals surface area contributed by atoms with E-state index in [0.717, 1.165) is 13.1 Å². The zero-order valence-corrected chi connectivity index (χ0v) is 12.3. The van der Waals surface area contributed by atoms with E-state index in [4.69, 9.17) is 0 Å². The number of hydrogen-bond donors (Lipinski definition) is 1. The van der Waals surface area contributed by atoms with Crippen molar-refractivity contribution in [3.8, 4) is 0 Å². The van der Waals surface area contributed by atoms with E-state index in [1.807, 2.05) is 0 Å². The van der Waals surface area contributed by atoms with Gasteiger partial charge in [0.05, 0.1) is 18.3 Å². The number of amides is 1. The molecule has 7 nitrogen and oxygen atoms in total. The number of aliphatic hydroxyl groups is 1. The van der Waals surface area contributed by atoms with Crippen LogP contribution in [0.1, 0.15) is 23.2 Å². The summed E-state index contributed by atoms with van der Waals surface area (Å²) in [6.07, 6.45) is 6.85. The fourth-order valence-corrected chi connectivity index (χ4v) is 3.52. The zero-order valence-electron chi connectivity index (χ0n) is 12.3. The Labute approximate surface area is 128 Å². The molecule has 0 radical (unpaired) electrons. The number of aliphatic hydroxyl groups excluding tert-OH is 1. The Balaban J connectivity index is 1.56. The van der Waals surface area contributed by atoms with E-state index in [0.29, 0.717) is 24.3 Å². The Hall–Kier alpha value is -1.99. The summed E-state index contributed by atoms with van der Waals surface area (Å²) in [5.41, 5.74) is 1.06. The summed E-state index contributed by atoms with van der Waals surface area (Å²) >= 11 is 0. The number of carbonyl (C=O) groups excluding carboxylic acids is 1. The Morgan fingerprint density at radius 1 is 1.27 bits per heavy atom. The molecule has 0 bridgehead atoms. The van der Waals surface area contributed by atoms with Gasteiger partial charge in [-0.15, -0.1) is 0 Å². The lowest BCUT2D eigenvalue weighted by atomic mass is 10.2. The van der Waals surface area contributed by atoms with Crippen molar-refractivity contribution in [1.82, 2.24) is 24.4 Å². The van der Waals surface area contributed by atoms with Crippen LogP contribution in [0.4, 0.5) is 0 Å². The lowest BCUT2D eigenvalue weighted by Crippen LogP contribution is -2.41. The highest BCUT2D eigenvalue weighted by molar-refractivity contribution is 5.99. The first-order chi connectivity index (χ1) is 10.7. The van der Waals surface area contributed by atoms with Crippen LogP contribution in [0.15, 0.2) is 24.7 Å². The number of likely N-dealkylation sites (tertiary alicyclic amines) is 2. The Morgan fingerprint density at radius 3 is 2.91 bits per heavy atom. The molecule has 2 atom stereocenters. The highest BCUT2D eigenvalue weighted by Gasteiger charge is 2.39. The van der Waals surface area contributed by atoms with Crippen molar-refractivity contribution in [3.63, 3.8) is 0 Å². The molecular weight excluding hydrogens is 282 g/mol. The maximum absolute atomic E-state index is 12.7. The molecule has 4 rings (SSSR count). The fraction of sp³-hybridized carbons (Fsp3) is 0.533. The van der Waals surface area contributed by atoms with Gasteiger partial charge in [0, 0.05) is 25.5 Å². The van der Waals surface area contributed by atoms with Crippen molar-refractivity contribution in [2.75, 3.05) is 26.2 Å². The smallest absolute Gasteiger partial charge is 0.259 e. The molecule has 1 N–H and O–H groups in total. The average molecular weight is 301 g/mol. The van der Waals surface area contributed by atoms with Crippen LogP contribution in [0, 0.1) is 0 Å². The van der Waals surface area contributed by atoms with Crippen LogP contribution in [-0.4, -0.2) is 73.7 Å². The summed E-state index contributed by atoms with van der Waals surface area (Å²) in [4.78, 5) is 21.0. The highest BCUT2D eigenvalue weighted by atomic mass is 16.3. The second kappa shape index (κ2) is 5.33. The molecule has 2 fully saturated rings. The number of aromatic nitrogens is 3. The van der Waals surface area contributed by atoms with Crippen LogP contribution >= 0.6 is 0 Å². The lowest BCUT2D eigenvalue weighted by Gasteiger charge is -2.25. The average Bonchev–Trinajstić information content (AvgIpc) is 3.25. The minimum Gasteiger partial charge on any atom is -0.390 e. The molecular formula is C15H19N5O2. The van der Waals surface area contributed by atoms with E-state index in [2.05, 4.69) is 15.0 Å². The minimum atomic E-state index is -0.475. The quantitative estimate of drug-likeness (QED) is 0.846. The van der Waals surface area contributed by atoms with Crippen LogP contribution < -0.4 is 0 Å². The Bertz CT molecular complexity index is 694. The third kappa shape index (κ3) is 2.17. The fourth-order valence-electron chi connectivity index (χ4n) is 3.52. The number of nitrogens with zero attached hydrogens (tertiary/aromatic N) is 5. The second-order valence-electron chi connectivity index (χ2n) is 6.03. The molecule has 2 aliphatic rings. The maximum Gasteiger partial charge on any atom is 0.259 e. The van der Waals surface area contributed by atoms with E-state index in [1.54, 1.807) is 34.1 Å². The van der Waals surface area contributed by atoms with Gasteiger partial charge in [-0.1, -0.05) is 0 Å². The predicted octanol–water partition coefficient (Wildman–Crippen LogP) is 0.0104. The van der Waals surface area contributed by atoms with Crippen LogP contribution in [0.5, 0.6) is 0 Å². The van der Waals surface area contributed by atoms with Crippen LogP contribution in [-0.2, 0) is 0 Å². The molecule has 0 unspecified atom stereocenters. The molecule has 4 heterocycles. The van der Waals surface area contributed by atoms with E-state index in [-0.39, 0.29) is 11.9 Å². The molecule has 0 aliphatic carbocycles. The minimum absolute atomic E-state index is 0.0567. The molecule has 2 aromatic heterocycles. The molecule has 0 saturated carbocycles. The molecule has 116 valence electrons. The number of carbonyl (C=O) groups is 1. The van der Waals surface area contributed by atoms with Crippen molar-refractivity contribution in [3.05, 3.63) is 30.2 Å². The summed E-state index contributed by atoms with van der Waals surface area (Å²) in [6.45, 7) is 2.98. The first kappa shape index (κ1) is 13.7. The summed E-state index contributed by atoms with van der Waals surface area (Å²) in [7, 11) is 0. The molecule has 0 spiro atoms. The monoisotopic (exact) mass is 301 g/mol. The predicted molar refractivity (Wildman–Crippen MR) is 79.5 cm³/mol. The van der Waals surface area contributed by atoms with Gasteiger partial charge in [-0.3, -0.25) is 9.69 Å². The van der Waals surface area contributed by atoms with Crippen molar-refractivity contribution in [1.29, 1.82) is 0 Å². The second-order valence-corrected chi connectivity index (χ2v) is 6.03. The number of fused-ring (bicyclic) bond motifs is 1. The molecule has 1 amide bonds. The standard InChI is InChI=1S/C15H19N5O2/c21-13-10-19(9-12(13)18-5-1-2-6-18)15(22)11-8-17-20-7-3-4-16-14(11)20/h3-4,7-8,12-13,21H,1-2,5-6,9-10H2/t12-,13-/m1/s1. The first-order valence-electron chi connectivity index (χ1n) is 7.74. The van der Waals surface area contributed by atoms with E-state index >= 15 is 0 Å². The SMILES string of the molecule is O=C(c1cnn2cccnc12)N1C[C@@H](O)[C@H](N2CCCC2)C1. The van der Waals surface area contributed by atoms with Crippen LogP contribution in [0.25, 0.3) is 5.65 Å². The summed E-state index contributed by atoms with van der Waals surface area (Å²) in [5, 5.41) is 14.5. The summed E-state index contributed by atoms with van der Waals surface area (Å²) < 4.78 is 1.59. The first-order valence-corrected chi connectivity index (χ1v) is 7.74. The molecule has 2 saturated heterocycles. The van der Waals surface area contributed by atoms with Gasteiger partial charge in [0.1, 0.15) is 5.56 Å². The zero-order chi connectivity index (χ0) is 15.1. The number of hydrogen-bond acceptors (Lipinski definition) is 5. The summed E-state index contributed by atoms with van der Waals surface area (Å²) in [5.74, 6) is -0.102. The van der Waals surface area contributed by atoms with Crippen molar-refractivity contribution >= 4 is 11.6 Å². The summed E-state index contributed by atoms with van der Waals surface area (Å²) in [6, 6.07) is 1.83. The van der Waals surface area contributed by atoms with Crippen LogP contribution in [0.2, 0.25) is 0 Å². The number of β-amino-alcohol motifs (C(OH)–C–C–N with tert-alkyl or cyclic N) is 1. The normalized spacial score (nSPS) is 26.1. The Morgan fingerprint density at radius 2 is 2.09 bits per heavy atom. The van der Waals surface area contributed by atoms with E-state index < -0.39 is 6.10 Å². The van der Waals surface area contributed by atoms with Gasteiger partial charge in [0.15, 0.2) is 5.65 Å². The van der Waals surface area contributed by atoms with Gasteiger partial charge in [-0.05, 0) is 32.0 Å². The van der Waals surface area contributed by atoms with Gasteiger partial charge in [-0.25, -0.2) is 9.50 Å². The van der Waals surface area contributed by atoms with Crippen LogP contribution in [0.3, 0.4) is 0 Å². The van der Waals surface area contributed by atoms with Crippen molar-refractivity contribution in [2.45, 2.75) is 25.0 Å². The molecule has 2 aromatic rings. The molecule has 2 aliphatic heterocycles. The number of rotatable bonds is 2. The third-order valence-electron chi connectivity index (χ3n) is 4.67. The van der Waals surface area contributed by atoms with Gasteiger partial charge < -0.3 is 10.0 Å². The maximum atomic E-state index is 12.7. The third-order valence-corrected chi connectivity index (χ3v) is 4.67. The van der Waals surface area contributed by atoms with Gasteiger partial charge in [0.25, 0.3) is 5.91 Å². The van der Waals surface area contributed by atoms with Crippen molar-refractivity contribution in [2.24, 2.45) is 0 Å². The van der Waals surface area contributed by atoms with Gasteiger partial charge in [-0.2, -0.15) is 5.10 Å². The molecule has 22 heavy (non-hydrogen) atoms. The van der Waals surface area contributed by atoms with Crippen molar-refractivity contribution < 1.29 is 9.90 Å². The lowest BCUT2D eigenvalue weighted by molar-refractivity contribution is 0.0765. The highest BCUT2D eigenvalue weighted by Crippen LogP contribution is 2.23. The van der Waals surface area contributed by atoms with Gasteiger partial charge >= 0.3 is 0 Å². The largest absolute Gasteiger partial charge is 0.390 e. The molecule has 7 heteroatoms. The topological polar surface area (TPSA) is 74.0 Å².